The summed E-state index contributed by atoms with van der Waals surface area (Å²) < 4.78 is 30.2. The molecule has 6 nitrogen and oxygen atoms in total. The maximum atomic E-state index is 12.6. The molecule has 0 saturated carbocycles. The lowest BCUT2D eigenvalue weighted by atomic mass is 9.98. The predicted molar refractivity (Wildman–Crippen MR) is 102 cm³/mol. The fraction of sp³-hybridized carbons (Fsp3) is 0.143. The Labute approximate surface area is 162 Å². The third-order valence-corrected chi connectivity index (χ3v) is 5.88. The molecule has 4 rings (SSSR count). The predicted octanol–water partition coefficient (Wildman–Crippen LogP) is 3.08. The Balaban J connectivity index is 1.55. The fourth-order valence-corrected chi connectivity index (χ4v) is 4.22. The summed E-state index contributed by atoms with van der Waals surface area (Å²) in [5.74, 6) is -1.93. The molecule has 1 heterocycles. The number of amides is 2. The van der Waals surface area contributed by atoms with Crippen molar-refractivity contribution in [3.63, 3.8) is 0 Å². The summed E-state index contributed by atoms with van der Waals surface area (Å²) in [4.78, 5) is 24.7. The van der Waals surface area contributed by atoms with Crippen molar-refractivity contribution in [2.75, 3.05) is 0 Å². The summed E-state index contributed by atoms with van der Waals surface area (Å²) in [5.41, 5.74) is 0.896. The van der Waals surface area contributed by atoms with E-state index in [1.807, 2.05) is 42.5 Å². The average molecular weight is 395 g/mol. The first-order valence-electron chi connectivity index (χ1n) is 8.78. The van der Waals surface area contributed by atoms with Crippen LogP contribution in [0, 0.1) is 5.92 Å². The fourth-order valence-electron chi connectivity index (χ4n) is 3.27. The summed E-state index contributed by atoms with van der Waals surface area (Å²) in [6.07, 6.45) is 0.266. The molecule has 3 aromatic rings. The van der Waals surface area contributed by atoms with Crippen LogP contribution in [-0.2, 0) is 30.4 Å². The maximum Gasteiger partial charge on any atom is 0.318 e. The van der Waals surface area contributed by atoms with Crippen molar-refractivity contribution in [3.05, 3.63) is 78.4 Å². The van der Waals surface area contributed by atoms with Crippen molar-refractivity contribution in [3.8, 4) is 0 Å². The van der Waals surface area contributed by atoms with Crippen molar-refractivity contribution in [2.24, 2.45) is 5.92 Å². The molecule has 0 N–H and O–H groups in total. The quantitative estimate of drug-likeness (QED) is 0.620. The van der Waals surface area contributed by atoms with Gasteiger partial charge < -0.3 is 0 Å². The van der Waals surface area contributed by atoms with Gasteiger partial charge in [0.1, 0.15) is 0 Å². The van der Waals surface area contributed by atoms with Gasteiger partial charge in [0, 0.05) is 6.42 Å². The molecule has 0 bridgehead atoms. The third kappa shape index (κ3) is 3.54. The molecular formula is C21H17NO5S. The Hall–Kier alpha value is -3.03. The monoisotopic (exact) mass is 395 g/mol. The summed E-state index contributed by atoms with van der Waals surface area (Å²) in [5, 5.41) is 1.98. The number of rotatable bonds is 5. The minimum Gasteiger partial charge on any atom is -0.272 e. The molecule has 0 radical (unpaired) electrons. The first-order valence-corrected chi connectivity index (χ1v) is 10.2. The second-order valence-corrected chi connectivity index (χ2v) is 8.18. The Morgan fingerprint density at radius 1 is 0.893 bits per heavy atom. The number of carbonyl (C=O) groups excluding carboxylic acids is 2. The molecule has 1 unspecified atom stereocenters. The zero-order valence-electron chi connectivity index (χ0n) is 14.8. The van der Waals surface area contributed by atoms with Gasteiger partial charge in [-0.3, -0.25) is 9.59 Å². The Morgan fingerprint density at radius 3 is 2.32 bits per heavy atom. The van der Waals surface area contributed by atoms with Crippen molar-refractivity contribution >= 4 is 32.7 Å². The SMILES string of the molecule is O=C1CC(Cc2ccccc2)C(=O)N1OS(=O)(=O)c1ccc2ccccc2c1. The van der Waals surface area contributed by atoms with E-state index in [1.165, 1.54) is 12.1 Å². The summed E-state index contributed by atoms with van der Waals surface area (Å²) in [7, 11) is -4.31. The molecule has 1 fully saturated rings. The molecule has 1 aliphatic heterocycles. The highest BCUT2D eigenvalue weighted by Gasteiger charge is 2.42. The minimum absolute atomic E-state index is 0.0824. The lowest BCUT2D eigenvalue weighted by molar-refractivity contribution is -0.164. The molecule has 0 aromatic heterocycles. The van der Waals surface area contributed by atoms with Gasteiger partial charge >= 0.3 is 10.1 Å². The van der Waals surface area contributed by atoms with Crippen LogP contribution in [0.15, 0.2) is 77.7 Å². The van der Waals surface area contributed by atoms with Gasteiger partial charge in [0.2, 0.25) is 0 Å². The van der Waals surface area contributed by atoms with Crippen LogP contribution in [0.2, 0.25) is 0 Å². The molecule has 7 heteroatoms. The van der Waals surface area contributed by atoms with E-state index in [0.717, 1.165) is 10.9 Å². The standard InChI is InChI=1S/C21H17NO5S/c23-20-14-18(12-15-6-2-1-3-7-15)21(24)22(20)27-28(25,26)19-11-10-16-8-4-5-9-17(16)13-19/h1-11,13,18H,12,14H2. The Kier molecular flexibility index (Phi) is 4.70. The first-order chi connectivity index (χ1) is 13.4. The summed E-state index contributed by atoms with van der Waals surface area (Å²) >= 11 is 0. The third-order valence-electron chi connectivity index (χ3n) is 4.70. The van der Waals surface area contributed by atoms with E-state index in [2.05, 4.69) is 0 Å². The lowest BCUT2D eigenvalue weighted by Crippen LogP contribution is -2.33. The van der Waals surface area contributed by atoms with Gasteiger partial charge in [0.15, 0.2) is 0 Å². The number of hydrogen-bond acceptors (Lipinski definition) is 5. The van der Waals surface area contributed by atoms with Crippen LogP contribution in [0.1, 0.15) is 12.0 Å². The van der Waals surface area contributed by atoms with Gasteiger partial charge in [-0.25, -0.2) is 0 Å². The highest BCUT2D eigenvalue weighted by atomic mass is 32.2. The number of hydrogen-bond donors (Lipinski definition) is 0. The van der Waals surface area contributed by atoms with Crippen LogP contribution in [0.25, 0.3) is 10.8 Å². The normalized spacial score (nSPS) is 17.4. The van der Waals surface area contributed by atoms with Gasteiger partial charge in [-0.1, -0.05) is 60.7 Å². The van der Waals surface area contributed by atoms with Crippen LogP contribution in [0.3, 0.4) is 0 Å². The van der Waals surface area contributed by atoms with E-state index >= 15 is 0 Å². The zero-order valence-corrected chi connectivity index (χ0v) is 15.6. The van der Waals surface area contributed by atoms with E-state index in [4.69, 9.17) is 4.28 Å². The van der Waals surface area contributed by atoms with Crippen LogP contribution in [-0.4, -0.2) is 25.3 Å². The average Bonchev–Trinajstić information content (AvgIpc) is 2.95. The van der Waals surface area contributed by atoms with Crippen molar-refractivity contribution in [1.82, 2.24) is 5.06 Å². The van der Waals surface area contributed by atoms with Gasteiger partial charge in [-0.2, -0.15) is 8.42 Å². The van der Waals surface area contributed by atoms with Gasteiger partial charge in [0.25, 0.3) is 11.8 Å². The molecule has 142 valence electrons. The van der Waals surface area contributed by atoms with E-state index < -0.39 is 27.9 Å². The molecule has 3 aromatic carbocycles. The second kappa shape index (κ2) is 7.18. The number of benzene rings is 3. The largest absolute Gasteiger partial charge is 0.318 e. The number of nitrogens with zero attached hydrogens (tertiary/aromatic N) is 1. The molecular weight excluding hydrogens is 378 g/mol. The van der Waals surface area contributed by atoms with E-state index in [-0.39, 0.29) is 11.3 Å². The second-order valence-electron chi connectivity index (χ2n) is 6.65. The lowest BCUT2D eigenvalue weighted by Gasteiger charge is -2.14. The van der Waals surface area contributed by atoms with Gasteiger partial charge in [-0.05, 0) is 34.9 Å². The summed E-state index contributed by atoms with van der Waals surface area (Å²) in [6, 6.07) is 21.0. The van der Waals surface area contributed by atoms with E-state index in [1.54, 1.807) is 18.2 Å². The van der Waals surface area contributed by atoms with Crippen molar-refractivity contribution in [1.29, 1.82) is 0 Å². The smallest absolute Gasteiger partial charge is 0.272 e. The molecule has 1 atom stereocenters. The highest BCUT2D eigenvalue weighted by Crippen LogP contribution is 2.27. The minimum atomic E-state index is -4.31. The van der Waals surface area contributed by atoms with Gasteiger partial charge in [-0.15, -0.1) is 9.35 Å². The van der Waals surface area contributed by atoms with Crippen LogP contribution in [0.4, 0.5) is 0 Å². The topological polar surface area (TPSA) is 80.8 Å². The number of carbonyl (C=O) groups is 2. The number of fused-ring (bicyclic) bond motifs is 1. The maximum absolute atomic E-state index is 12.6. The van der Waals surface area contributed by atoms with E-state index in [9.17, 15) is 18.0 Å². The Bertz CT molecular complexity index is 1160. The molecule has 28 heavy (non-hydrogen) atoms. The molecule has 2 amide bonds. The number of hydroxylamine groups is 2. The molecule has 0 spiro atoms. The summed E-state index contributed by atoms with van der Waals surface area (Å²) in [6.45, 7) is 0. The van der Waals surface area contributed by atoms with Crippen LogP contribution in [0.5, 0.6) is 0 Å². The Morgan fingerprint density at radius 2 is 1.57 bits per heavy atom. The van der Waals surface area contributed by atoms with Crippen LogP contribution < -0.4 is 0 Å². The van der Waals surface area contributed by atoms with Crippen LogP contribution >= 0.6 is 0 Å². The molecule has 0 aliphatic carbocycles. The van der Waals surface area contributed by atoms with Crippen molar-refractivity contribution in [2.45, 2.75) is 17.7 Å². The molecule has 1 saturated heterocycles. The van der Waals surface area contributed by atoms with Gasteiger partial charge in [0.05, 0.1) is 10.8 Å². The van der Waals surface area contributed by atoms with Crippen molar-refractivity contribution < 1.29 is 22.3 Å². The number of imide groups is 1. The molecule has 1 aliphatic rings. The highest BCUT2D eigenvalue weighted by molar-refractivity contribution is 7.86. The first kappa shape index (κ1) is 18.3. The zero-order chi connectivity index (χ0) is 19.7. The van der Waals surface area contributed by atoms with E-state index in [0.29, 0.717) is 16.9 Å².